The summed E-state index contributed by atoms with van der Waals surface area (Å²) in [5.41, 5.74) is -0.256. The van der Waals surface area contributed by atoms with Gasteiger partial charge in [-0.25, -0.2) is 4.79 Å². The molecule has 1 aromatic carbocycles. The third kappa shape index (κ3) is 3.63. The number of carboxylic acid groups (broad SMARTS) is 1. The number of hydrogen-bond donors (Lipinski definition) is 1. The van der Waals surface area contributed by atoms with Crippen molar-refractivity contribution in [1.29, 1.82) is 0 Å². The molecule has 0 aliphatic heterocycles. The lowest BCUT2D eigenvalue weighted by molar-refractivity contribution is -0.225. The first-order valence-electron chi connectivity index (χ1n) is 4.89. The second-order valence-electron chi connectivity index (χ2n) is 3.37. The maximum atomic E-state index is 12.8. The molecule has 1 unspecified atom stereocenters. The van der Waals surface area contributed by atoms with Crippen LogP contribution in [0.4, 0.5) is 13.2 Å². The minimum absolute atomic E-state index is 0.00906. The zero-order valence-electron chi connectivity index (χ0n) is 9.40. The van der Waals surface area contributed by atoms with E-state index in [-0.39, 0.29) is 11.3 Å². The zero-order chi connectivity index (χ0) is 13.8. The number of carbonyl (C=O) groups is 1. The number of ether oxygens (including phenoxy) is 2. The van der Waals surface area contributed by atoms with Crippen molar-refractivity contribution in [3.8, 4) is 5.75 Å². The van der Waals surface area contributed by atoms with Crippen molar-refractivity contribution >= 4 is 5.97 Å². The number of halogens is 3. The Hall–Kier alpha value is -1.76. The van der Waals surface area contributed by atoms with Crippen molar-refractivity contribution in [2.24, 2.45) is 0 Å². The number of alkyl halides is 3. The van der Waals surface area contributed by atoms with E-state index >= 15 is 0 Å². The number of methoxy groups -OCH3 is 1. The van der Waals surface area contributed by atoms with Crippen molar-refractivity contribution in [3.05, 3.63) is 29.8 Å². The van der Waals surface area contributed by atoms with Crippen molar-refractivity contribution < 1.29 is 32.5 Å². The normalized spacial score (nSPS) is 13.1. The lowest BCUT2D eigenvalue weighted by Crippen LogP contribution is -2.26. The molecule has 0 amide bonds. The molecule has 0 saturated heterocycles. The van der Waals surface area contributed by atoms with Crippen LogP contribution in [0.5, 0.6) is 5.75 Å². The number of aliphatic carboxylic acids is 1. The summed E-state index contributed by atoms with van der Waals surface area (Å²) in [4.78, 5) is 10.3. The van der Waals surface area contributed by atoms with Crippen LogP contribution in [0.3, 0.4) is 0 Å². The van der Waals surface area contributed by atoms with E-state index in [4.69, 9.17) is 9.84 Å². The predicted octanol–water partition coefficient (Wildman–Crippen LogP) is 2.40. The SMILES string of the molecule is COc1ccccc1C(OCC(=O)O)C(F)(F)F. The van der Waals surface area contributed by atoms with E-state index in [0.29, 0.717) is 0 Å². The van der Waals surface area contributed by atoms with E-state index in [9.17, 15) is 18.0 Å². The Morgan fingerprint density at radius 3 is 2.50 bits per heavy atom. The molecule has 0 aliphatic carbocycles. The molecular formula is C11H11F3O4. The Morgan fingerprint density at radius 1 is 1.39 bits per heavy atom. The van der Waals surface area contributed by atoms with Crippen LogP contribution in [0.15, 0.2) is 24.3 Å². The average Bonchev–Trinajstić information content (AvgIpc) is 2.27. The number of benzene rings is 1. The number of rotatable bonds is 5. The highest BCUT2D eigenvalue weighted by Gasteiger charge is 2.43. The van der Waals surface area contributed by atoms with Crippen LogP contribution < -0.4 is 4.74 Å². The summed E-state index contributed by atoms with van der Waals surface area (Å²) in [5, 5.41) is 8.38. The minimum atomic E-state index is -4.72. The Bertz CT molecular complexity index is 417. The van der Waals surface area contributed by atoms with Crippen LogP contribution in [0.1, 0.15) is 11.7 Å². The van der Waals surface area contributed by atoms with Gasteiger partial charge in [0.1, 0.15) is 12.4 Å². The quantitative estimate of drug-likeness (QED) is 0.887. The van der Waals surface area contributed by atoms with Gasteiger partial charge in [-0.05, 0) is 6.07 Å². The molecule has 0 bridgehead atoms. The summed E-state index contributed by atoms with van der Waals surface area (Å²) in [6.45, 7) is -1.04. The fourth-order valence-electron chi connectivity index (χ4n) is 1.40. The third-order valence-corrected chi connectivity index (χ3v) is 2.09. The van der Waals surface area contributed by atoms with Gasteiger partial charge in [0.2, 0.25) is 0 Å². The molecule has 0 fully saturated rings. The van der Waals surface area contributed by atoms with E-state index < -0.39 is 24.9 Å². The molecule has 7 heteroatoms. The van der Waals surface area contributed by atoms with Crippen LogP contribution in [0, 0.1) is 0 Å². The number of carboxylic acids is 1. The highest BCUT2D eigenvalue weighted by Crippen LogP contribution is 2.39. The van der Waals surface area contributed by atoms with E-state index in [1.807, 2.05) is 0 Å². The molecule has 100 valence electrons. The first-order valence-corrected chi connectivity index (χ1v) is 4.89. The molecule has 0 spiro atoms. The Morgan fingerprint density at radius 2 is 2.00 bits per heavy atom. The maximum Gasteiger partial charge on any atom is 0.419 e. The van der Waals surface area contributed by atoms with Crippen molar-refractivity contribution in [2.45, 2.75) is 12.3 Å². The Labute approximate surface area is 101 Å². The molecule has 0 saturated carbocycles. The van der Waals surface area contributed by atoms with Gasteiger partial charge < -0.3 is 14.6 Å². The fourth-order valence-corrected chi connectivity index (χ4v) is 1.40. The molecule has 1 atom stereocenters. The lowest BCUT2D eigenvalue weighted by atomic mass is 10.1. The second kappa shape index (κ2) is 5.72. The maximum absolute atomic E-state index is 12.8. The van der Waals surface area contributed by atoms with Gasteiger partial charge in [0.25, 0.3) is 0 Å². The predicted molar refractivity (Wildman–Crippen MR) is 55.4 cm³/mol. The fraction of sp³-hybridized carbons (Fsp3) is 0.364. The molecule has 18 heavy (non-hydrogen) atoms. The van der Waals surface area contributed by atoms with Gasteiger partial charge in [0, 0.05) is 5.56 Å². The summed E-state index contributed by atoms with van der Waals surface area (Å²) < 4.78 is 47.6. The summed E-state index contributed by atoms with van der Waals surface area (Å²) in [6.07, 6.45) is -7.05. The summed E-state index contributed by atoms with van der Waals surface area (Å²) >= 11 is 0. The van der Waals surface area contributed by atoms with E-state index in [1.54, 1.807) is 0 Å². The smallest absolute Gasteiger partial charge is 0.419 e. The highest BCUT2D eigenvalue weighted by molar-refractivity contribution is 5.68. The molecule has 1 rings (SSSR count). The number of hydrogen-bond acceptors (Lipinski definition) is 3. The van der Waals surface area contributed by atoms with Crippen LogP contribution in [0.2, 0.25) is 0 Å². The van der Waals surface area contributed by atoms with Gasteiger partial charge in [-0.3, -0.25) is 0 Å². The average molecular weight is 264 g/mol. The summed E-state index contributed by atoms with van der Waals surface area (Å²) in [6, 6.07) is 5.42. The van der Waals surface area contributed by atoms with Gasteiger partial charge >= 0.3 is 12.1 Å². The number of para-hydroxylation sites is 1. The van der Waals surface area contributed by atoms with Gasteiger partial charge in [0.05, 0.1) is 7.11 Å². The van der Waals surface area contributed by atoms with Crippen LogP contribution in [-0.2, 0) is 9.53 Å². The van der Waals surface area contributed by atoms with Crippen molar-refractivity contribution in [1.82, 2.24) is 0 Å². The summed E-state index contributed by atoms with van der Waals surface area (Å²) in [7, 11) is 1.23. The Kier molecular flexibility index (Phi) is 4.55. The zero-order valence-corrected chi connectivity index (χ0v) is 9.40. The molecule has 4 nitrogen and oxygen atoms in total. The van der Waals surface area contributed by atoms with Gasteiger partial charge in [-0.2, -0.15) is 13.2 Å². The first kappa shape index (κ1) is 14.3. The van der Waals surface area contributed by atoms with Crippen LogP contribution >= 0.6 is 0 Å². The topological polar surface area (TPSA) is 55.8 Å². The van der Waals surface area contributed by atoms with Crippen molar-refractivity contribution in [3.63, 3.8) is 0 Å². The first-order chi connectivity index (χ1) is 8.36. The Balaban J connectivity index is 3.05. The highest BCUT2D eigenvalue weighted by atomic mass is 19.4. The largest absolute Gasteiger partial charge is 0.496 e. The minimum Gasteiger partial charge on any atom is -0.496 e. The molecule has 0 aliphatic rings. The lowest BCUT2D eigenvalue weighted by Gasteiger charge is -2.22. The van der Waals surface area contributed by atoms with Gasteiger partial charge in [-0.15, -0.1) is 0 Å². The molecule has 1 N–H and O–H groups in total. The monoisotopic (exact) mass is 264 g/mol. The molecular weight excluding hydrogens is 253 g/mol. The molecule has 0 radical (unpaired) electrons. The molecule has 0 aromatic heterocycles. The second-order valence-corrected chi connectivity index (χ2v) is 3.37. The van der Waals surface area contributed by atoms with Crippen LogP contribution in [-0.4, -0.2) is 31.0 Å². The van der Waals surface area contributed by atoms with Crippen LogP contribution in [0.25, 0.3) is 0 Å². The standard InChI is InChI=1S/C11H11F3O4/c1-17-8-5-3-2-4-7(8)10(11(12,13)14)18-6-9(15)16/h2-5,10H,6H2,1H3,(H,15,16). The van der Waals surface area contributed by atoms with Gasteiger partial charge in [-0.1, -0.05) is 18.2 Å². The van der Waals surface area contributed by atoms with E-state index in [1.165, 1.54) is 31.4 Å². The van der Waals surface area contributed by atoms with E-state index in [0.717, 1.165) is 0 Å². The van der Waals surface area contributed by atoms with Gasteiger partial charge in [0.15, 0.2) is 6.10 Å². The molecule has 1 aromatic rings. The van der Waals surface area contributed by atoms with Crippen molar-refractivity contribution in [2.75, 3.05) is 13.7 Å². The summed E-state index contributed by atoms with van der Waals surface area (Å²) in [5.74, 6) is -1.48. The third-order valence-electron chi connectivity index (χ3n) is 2.09. The molecule has 0 heterocycles. The van der Waals surface area contributed by atoms with E-state index in [2.05, 4.69) is 4.74 Å².